The van der Waals surface area contributed by atoms with Gasteiger partial charge in [0, 0.05) is 39.0 Å². The summed E-state index contributed by atoms with van der Waals surface area (Å²) in [4.78, 5) is 6.55. The van der Waals surface area contributed by atoms with Crippen LogP contribution in [0.2, 0.25) is 0 Å². The molecule has 1 atom stereocenters. The molecule has 2 heterocycles. The molecule has 1 unspecified atom stereocenters. The Labute approximate surface area is 126 Å². The smallest absolute Gasteiger partial charge is 0.140 e. The van der Waals surface area contributed by atoms with E-state index in [0.29, 0.717) is 11.7 Å². The molecule has 0 radical (unpaired) electrons. The number of aromatic nitrogens is 1. The summed E-state index contributed by atoms with van der Waals surface area (Å²) in [5, 5.41) is 12.4. The molecule has 0 aromatic carbocycles. The lowest BCUT2D eigenvalue weighted by molar-refractivity contribution is 0.133. The van der Waals surface area contributed by atoms with E-state index in [1.807, 2.05) is 12.1 Å². The highest BCUT2D eigenvalue weighted by molar-refractivity contribution is 5.25. The maximum Gasteiger partial charge on any atom is 0.140 e. The number of ether oxygens (including phenoxy) is 1. The summed E-state index contributed by atoms with van der Waals surface area (Å²) in [6.07, 6.45) is 5.51. The Morgan fingerprint density at radius 2 is 2.43 bits per heavy atom. The Morgan fingerprint density at radius 1 is 1.52 bits per heavy atom. The van der Waals surface area contributed by atoms with Crippen LogP contribution < -0.4 is 5.32 Å². The number of pyridine rings is 1. The first kappa shape index (κ1) is 15.9. The standard InChI is InChI=1S/C16H24N4O/c1-21-9-7-18-12-16-4-2-3-8-20(16)13-14-5-6-19-15(10-14)11-17/h5-6,10,16,18H,2-4,7-9,12-13H2,1H3. The monoisotopic (exact) mass is 288 g/mol. The SMILES string of the molecule is COCCNCC1CCCCN1Cc1ccnc(C#N)c1. The topological polar surface area (TPSA) is 61.2 Å². The van der Waals surface area contributed by atoms with Gasteiger partial charge in [0.15, 0.2) is 0 Å². The molecule has 0 saturated carbocycles. The highest BCUT2D eigenvalue weighted by Crippen LogP contribution is 2.19. The number of likely N-dealkylation sites (tertiary alicyclic amines) is 1. The number of piperidine rings is 1. The molecule has 1 aromatic rings. The Morgan fingerprint density at radius 3 is 3.24 bits per heavy atom. The molecule has 114 valence electrons. The fraction of sp³-hybridized carbons (Fsp3) is 0.625. The Kier molecular flexibility index (Phi) is 6.61. The lowest BCUT2D eigenvalue weighted by Gasteiger charge is -2.36. The lowest BCUT2D eigenvalue weighted by atomic mass is 10.0. The van der Waals surface area contributed by atoms with Gasteiger partial charge in [-0.3, -0.25) is 4.90 Å². The Bertz CT molecular complexity index is 472. The van der Waals surface area contributed by atoms with Gasteiger partial charge in [-0.25, -0.2) is 4.98 Å². The molecule has 0 bridgehead atoms. The van der Waals surface area contributed by atoms with E-state index in [0.717, 1.165) is 32.8 Å². The first-order valence-corrected chi connectivity index (χ1v) is 7.62. The minimum atomic E-state index is 0.499. The normalized spacial score (nSPS) is 19.3. The van der Waals surface area contributed by atoms with E-state index in [2.05, 4.69) is 21.3 Å². The van der Waals surface area contributed by atoms with Gasteiger partial charge in [-0.05, 0) is 37.1 Å². The number of nitrogens with zero attached hydrogens (tertiary/aromatic N) is 3. The average Bonchev–Trinajstić information content (AvgIpc) is 2.53. The van der Waals surface area contributed by atoms with E-state index >= 15 is 0 Å². The van der Waals surface area contributed by atoms with Gasteiger partial charge in [0.05, 0.1) is 6.61 Å². The predicted molar refractivity (Wildman–Crippen MR) is 81.7 cm³/mol. The molecule has 2 rings (SSSR count). The van der Waals surface area contributed by atoms with Crippen LogP contribution in [0.4, 0.5) is 0 Å². The van der Waals surface area contributed by atoms with E-state index in [1.165, 1.54) is 24.8 Å². The molecule has 21 heavy (non-hydrogen) atoms. The van der Waals surface area contributed by atoms with Crippen molar-refractivity contribution in [3.8, 4) is 6.07 Å². The van der Waals surface area contributed by atoms with Crippen LogP contribution >= 0.6 is 0 Å². The molecule has 5 nitrogen and oxygen atoms in total. The van der Waals surface area contributed by atoms with Crippen molar-refractivity contribution in [3.05, 3.63) is 29.6 Å². The summed E-state index contributed by atoms with van der Waals surface area (Å²) in [6.45, 7) is 4.67. The quantitative estimate of drug-likeness (QED) is 0.771. The number of hydrogen-bond acceptors (Lipinski definition) is 5. The van der Waals surface area contributed by atoms with Crippen LogP contribution in [-0.4, -0.2) is 49.3 Å². The van der Waals surface area contributed by atoms with Crippen LogP contribution in [0.3, 0.4) is 0 Å². The third-order valence-electron chi connectivity index (χ3n) is 3.94. The van der Waals surface area contributed by atoms with Crippen LogP contribution in [0, 0.1) is 11.3 Å². The molecule has 0 amide bonds. The van der Waals surface area contributed by atoms with Crippen molar-refractivity contribution in [1.82, 2.24) is 15.2 Å². The van der Waals surface area contributed by atoms with Crippen LogP contribution in [0.5, 0.6) is 0 Å². The zero-order chi connectivity index (χ0) is 14.9. The fourth-order valence-electron chi connectivity index (χ4n) is 2.81. The molecule has 1 saturated heterocycles. The molecule has 0 aliphatic carbocycles. The van der Waals surface area contributed by atoms with E-state index in [9.17, 15) is 0 Å². The second-order valence-electron chi connectivity index (χ2n) is 5.48. The van der Waals surface area contributed by atoms with Crippen molar-refractivity contribution in [2.75, 3.05) is 33.4 Å². The molecule has 1 aliphatic rings. The Balaban J connectivity index is 1.90. The summed E-state index contributed by atoms with van der Waals surface area (Å²) in [5.41, 5.74) is 1.67. The van der Waals surface area contributed by atoms with E-state index < -0.39 is 0 Å². The first-order chi connectivity index (χ1) is 10.3. The minimum Gasteiger partial charge on any atom is -0.383 e. The van der Waals surface area contributed by atoms with Gasteiger partial charge in [-0.1, -0.05) is 6.42 Å². The number of hydrogen-bond donors (Lipinski definition) is 1. The molecule has 1 N–H and O–H groups in total. The highest BCUT2D eigenvalue weighted by Gasteiger charge is 2.22. The maximum absolute atomic E-state index is 8.94. The van der Waals surface area contributed by atoms with Gasteiger partial charge in [0.1, 0.15) is 11.8 Å². The number of methoxy groups -OCH3 is 1. The number of rotatable bonds is 7. The third-order valence-corrected chi connectivity index (χ3v) is 3.94. The maximum atomic E-state index is 8.94. The summed E-state index contributed by atoms with van der Waals surface area (Å²) in [5.74, 6) is 0. The van der Waals surface area contributed by atoms with Gasteiger partial charge in [0.25, 0.3) is 0 Å². The second kappa shape index (κ2) is 8.73. The minimum absolute atomic E-state index is 0.499. The summed E-state index contributed by atoms with van der Waals surface area (Å²) < 4.78 is 5.07. The van der Waals surface area contributed by atoms with Crippen molar-refractivity contribution >= 4 is 0 Å². The number of nitriles is 1. The molecule has 5 heteroatoms. The highest BCUT2D eigenvalue weighted by atomic mass is 16.5. The molecular formula is C16H24N4O. The van der Waals surface area contributed by atoms with Crippen molar-refractivity contribution in [1.29, 1.82) is 5.26 Å². The average molecular weight is 288 g/mol. The molecule has 0 spiro atoms. The Hall–Kier alpha value is -1.48. The van der Waals surface area contributed by atoms with Gasteiger partial charge in [0.2, 0.25) is 0 Å². The third kappa shape index (κ3) is 5.09. The van der Waals surface area contributed by atoms with Crippen molar-refractivity contribution in [2.45, 2.75) is 31.8 Å². The van der Waals surface area contributed by atoms with Crippen LogP contribution in [0.1, 0.15) is 30.5 Å². The molecule has 1 aromatic heterocycles. The van der Waals surface area contributed by atoms with Gasteiger partial charge in [-0.15, -0.1) is 0 Å². The van der Waals surface area contributed by atoms with Gasteiger partial charge < -0.3 is 10.1 Å². The van der Waals surface area contributed by atoms with Crippen LogP contribution in [-0.2, 0) is 11.3 Å². The van der Waals surface area contributed by atoms with Crippen molar-refractivity contribution in [2.24, 2.45) is 0 Å². The summed E-state index contributed by atoms with van der Waals surface area (Å²) in [7, 11) is 1.73. The number of nitrogens with one attached hydrogen (secondary N) is 1. The molecule has 1 aliphatic heterocycles. The van der Waals surface area contributed by atoms with Crippen LogP contribution in [0.25, 0.3) is 0 Å². The molecular weight excluding hydrogens is 264 g/mol. The first-order valence-electron chi connectivity index (χ1n) is 7.62. The van der Waals surface area contributed by atoms with E-state index in [1.54, 1.807) is 13.3 Å². The lowest BCUT2D eigenvalue weighted by Crippen LogP contribution is -2.45. The summed E-state index contributed by atoms with van der Waals surface area (Å²) in [6, 6.07) is 6.57. The van der Waals surface area contributed by atoms with Crippen molar-refractivity contribution in [3.63, 3.8) is 0 Å². The van der Waals surface area contributed by atoms with E-state index in [4.69, 9.17) is 10.00 Å². The van der Waals surface area contributed by atoms with Crippen molar-refractivity contribution < 1.29 is 4.74 Å². The van der Waals surface area contributed by atoms with Gasteiger partial charge in [-0.2, -0.15) is 5.26 Å². The van der Waals surface area contributed by atoms with Crippen LogP contribution in [0.15, 0.2) is 18.3 Å². The molecule has 1 fully saturated rings. The largest absolute Gasteiger partial charge is 0.383 e. The zero-order valence-electron chi connectivity index (χ0n) is 12.7. The predicted octanol–water partition coefficient (Wildman–Crippen LogP) is 1.54. The fourth-order valence-corrected chi connectivity index (χ4v) is 2.81. The zero-order valence-corrected chi connectivity index (χ0v) is 12.7. The van der Waals surface area contributed by atoms with E-state index in [-0.39, 0.29) is 0 Å². The van der Waals surface area contributed by atoms with Gasteiger partial charge >= 0.3 is 0 Å². The second-order valence-corrected chi connectivity index (χ2v) is 5.48. The summed E-state index contributed by atoms with van der Waals surface area (Å²) >= 11 is 0.